The summed E-state index contributed by atoms with van der Waals surface area (Å²) in [5, 5.41) is 5.01. The molecule has 1 aromatic carbocycles. The van der Waals surface area contributed by atoms with E-state index in [2.05, 4.69) is 12.2 Å². The normalized spacial score (nSPS) is 21.2. The van der Waals surface area contributed by atoms with E-state index in [1.54, 1.807) is 0 Å². The standard InChI is InChI=1S/C14H19Cl2NO/c1-2-17-14(7-10-5-6-18-9-10)12-8-11(15)3-4-13(12)16/h3-4,8,10,14,17H,2,5-7,9H2,1H3. The minimum absolute atomic E-state index is 0.257. The van der Waals surface area contributed by atoms with Gasteiger partial charge in [-0.25, -0.2) is 0 Å². The second-order valence-corrected chi connectivity index (χ2v) is 5.59. The lowest BCUT2D eigenvalue weighted by atomic mass is 9.94. The lowest BCUT2D eigenvalue weighted by molar-refractivity contribution is 0.181. The van der Waals surface area contributed by atoms with Crippen LogP contribution in [0.3, 0.4) is 0 Å². The van der Waals surface area contributed by atoms with Gasteiger partial charge < -0.3 is 10.1 Å². The maximum Gasteiger partial charge on any atom is 0.0495 e. The van der Waals surface area contributed by atoms with Crippen LogP contribution in [0.4, 0.5) is 0 Å². The number of ether oxygens (including phenoxy) is 1. The highest BCUT2D eigenvalue weighted by Gasteiger charge is 2.22. The molecule has 0 aliphatic carbocycles. The molecule has 1 saturated heterocycles. The van der Waals surface area contributed by atoms with Gasteiger partial charge in [0, 0.05) is 29.3 Å². The molecule has 0 bridgehead atoms. The van der Waals surface area contributed by atoms with Crippen LogP contribution in [0.2, 0.25) is 10.0 Å². The molecule has 1 aliphatic heterocycles. The zero-order valence-electron chi connectivity index (χ0n) is 10.6. The Labute approximate surface area is 119 Å². The molecule has 1 fully saturated rings. The summed E-state index contributed by atoms with van der Waals surface area (Å²) in [5.74, 6) is 0.615. The highest BCUT2D eigenvalue weighted by molar-refractivity contribution is 6.33. The van der Waals surface area contributed by atoms with E-state index >= 15 is 0 Å². The Morgan fingerprint density at radius 2 is 2.28 bits per heavy atom. The third-order valence-electron chi connectivity index (χ3n) is 3.38. The third-order valence-corrected chi connectivity index (χ3v) is 3.96. The molecule has 2 unspecified atom stereocenters. The quantitative estimate of drug-likeness (QED) is 0.881. The first-order valence-electron chi connectivity index (χ1n) is 6.46. The van der Waals surface area contributed by atoms with Crippen molar-refractivity contribution >= 4 is 23.2 Å². The van der Waals surface area contributed by atoms with E-state index in [0.29, 0.717) is 5.92 Å². The van der Waals surface area contributed by atoms with Crippen molar-refractivity contribution in [3.8, 4) is 0 Å². The average Bonchev–Trinajstić information content (AvgIpc) is 2.85. The fraction of sp³-hybridized carbons (Fsp3) is 0.571. The van der Waals surface area contributed by atoms with Crippen LogP contribution in [-0.4, -0.2) is 19.8 Å². The summed E-state index contributed by atoms with van der Waals surface area (Å²) in [7, 11) is 0. The summed E-state index contributed by atoms with van der Waals surface area (Å²) >= 11 is 12.3. The van der Waals surface area contributed by atoms with E-state index in [1.165, 1.54) is 0 Å². The Hall–Kier alpha value is -0.280. The first kappa shape index (κ1) is 14.1. The van der Waals surface area contributed by atoms with Crippen molar-refractivity contribution in [3.63, 3.8) is 0 Å². The van der Waals surface area contributed by atoms with E-state index in [9.17, 15) is 0 Å². The molecule has 18 heavy (non-hydrogen) atoms. The van der Waals surface area contributed by atoms with Crippen LogP contribution in [0.25, 0.3) is 0 Å². The van der Waals surface area contributed by atoms with Gasteiger partial charge in [0.05, 0.1) is 0 Å². The molecule has 2 rings (SSSR count). The molecule has 2 nitrogen and oxygen atoms in total. The molecule has 0 saturated carbocycles. The SMILES string of the molecule is CCNC(CC1CCOC1)c1cc(Cl)ccc1Cl. The fourth-order valence-corrected chi connectivity index (χ4v) is 2.88. The van der Waals surface area contributed by atoms with Crippen LogP contribution in [0, 0.1) is 5.92 Å². The molecule has 1 aromatic rings. The average molecular weight is 288 g/mol. The molecule has 1 N–H and O–H groups in total. The van der Waals surface area contributed by atoms with Gasteiger partial charge in [-0.15, -0.1) is 0 Å². The van der Waals surface area contributed by atoms with Crippen LogP contribution in [0.5, 0.6) is 0 Å². The van der Waals surface area contributed by atoms with Gasteiger partial charge in [-0.1, -0.05) is 30.1 Å². The van der Waals surface area contributed by atoms with Gasteiger partial charge in [0.2, 0.25) is 0 Å². The number of halogens is 2. The highest BCUT2D eigenvalue weighted by Crippen LogP contribution is 2.32. The van der Waals surface area contributed by atoms with Gasteiger partial charge >= 0.3 is 0 Å². The summed E-state index contributed by atoms with van der Waals surface area (Å²) < 4.78 is 5.44. The topological polar surface area (TPSA) is 21.3 Å². The first-order chi connectivity index (χ1) is 8.70. The lowest BCUT2D eigenvalue weighted by Crippen LogP contribution is -2.24. The van der Waals surface area contributed by atoms with Crippen molar-refractivity contribution in [2.75, 3.05) is 19.8 Å². The van der Waals surface area contributed by atoms with Crippen molar-refractivity contribution in [2.24, 2.45) is 5.92 Å². The van der Waals surface area contributed by atoms with Crippen molar-refractivity contribution in [3.05, 3.63) is 33.8 Å². The monoisotopic (exact) mass is 287 g/mol. The van der Waals surface area contributed by atoms with Gasteiger partial charge in [0.1, 0.15) is 0 Å². The Balaban J connectivity index is 2.14. The Morgan fingerprint density at radius 3 is 2.94 bits per heavy atom. The smallest absolute Gasteiger partial charge is 0.0495 e. The van der Waals surface area contributed by atoms with Crippen LogP contribution in [0.15, 0.2) is 18.2 Å². The first-order valence-corrected chi connectivity index (χ1v) is 7.22. The van der Waals surface area contributed by atoms with Gasteiger partial charge in [0.15, 0.2) is 0 Å². The molecule has 100 valence electrons. The largest absolute Gasteiger partial charge is 0.381 e. The van der Waals surface area contributed by atoms with Crippen LogP contribution >= 0.6 is 23.2 Å². The fourth-order valence-electron chi connectivity index (χ4n) is 2.45. The minimum Gasteiger partial charge on any atom is -0.381 e. The summed E-state index contributed by atoms with van der Waals surface area (Å²) in [6.07, 6.45) is 2.19. The maximum atomic E-state index is 6.28. The number of hydrogen-bond donors (Lipinski definition) is 1. The number of benzene rings is 1. The molecule has 0 aromatic heterocycles. The van der Waals surface area contributed by atoms with Crippen LogP contribution in [-0.2, 0) is 4.74 Å². The molecular weight excluding hydrogens is 269 g/mol. The minimum atomic E-state index is 0.257. The third kappa shape index (κ3) is 3.61. The summed E-state index contributed by atoms with van der Waals surface area (Å²) in [4.78, 5) is 0. The van der Waals surface area contributed by atoms with Gasteiger partial charge in [-0.05, 0) is 49.1 Å². The van der Waals surface area contributed by atoms with Crippen molar-refractivity contribution in [1.29, 1.82) is 0 Å². The Kier molecular flexibility index (Phi) is 5.31. The molecule has 1 aliphatic rings. The molecule has 0 spiro atoms. The molecule has 0 amide bonds. The predicted octanol–water partition coefficient (Wildman–Crippen LogP) is 4.07. The van der Waals surface area contributed by atoms with Gasteiger partial charge in [-0.2, -0.15) is 0 Å². The van der Waals surface area contributed by atoms with E-state index in [-0.39, 0.29) is 6.04 Å². The number of nitrogens with one attached hydrogen (secondary N) is 1. The van der Waals surface area contributed by atoms with E-state index < -0.39 is 0 Å². The Bertz CT molecular complexity index is 391. The van der Waals surface area contributed by atoms with E-state index in [1.807, 2.05) is 18.2 Å². The number of hydrogen-bond acceptors (Lipinski definition) is 2. The van der Waals surface area contributed by atoms with Crippen molar-refractivity contribution in [1.82, 2.24) is 5.32 Å². The molecule has 1 heterocycles. The number of rotatable bonds is 5. The van der Waals surface area contributed by atoms with E-state index in [4.69, 9.17) is 27.9 Å². The van der Waals surface area contributed by atoms with Crippen LogP contribution < -0.4 is 5.32 Å². The second-order valence-electron chi connectivity index (χ2n) is 4.74. The zero-order chi connectivity index (χ0) is 13.0. The molecule has 0 radical (unpaired) electrons. The van der Waals surface area contributed by atoms with E-state index in [0.717, 1.165) is 48.2 Å². The second kappa shape index (κ2) is 6.76. The van der Waals surface area contributed by atoms with Gasteiger partial charge in [0.25, 0.3) is 0 Å². The van der Waals surface area contributed by atoms with Gasteiger partial charge in [-0.3, -0.25) is 0 Å². The van der Waals surface area contributed by atoms with Crippen LogP contribution in [0.1, 0.15) is 31.4 Å². The predicted molar refractivity (Wildman–Crippen MR) is 76.4 cm³/mol. The lowest BCUT2D eigenvalue weighted by Gasteiger charge is -2.22. The Morgan fingerprint density at radius 1 is 1.44 bits per heavy atom. The summed E-state index contributed by atoms with van der Waals surface area (Å²) in [6, 6.07) is 5.92. The zero-order valence-corrected chi connectivity index (χ0v) is 12.1. The van der Waals surface area contributed by atoms with Crippen molar-refractivity contribution < 1.29 is 4.74 Å². The highest BCUT2D eigenvalue weighted by atomic mass is 35.5. The maximum absolute atomic E-state index is 6.28. The molecular formula is C14H19Cl2NO. The summed E-state index contributed by atoms with van der Waals surface area (Å²) in [5.41, 5.74) is 1.10. The van der Waals surface area contributed by atoms with Crippen molar-refractivity contribution in [2.45, 2.75) is 25.8 Å². The molecule has 4 heteroatoms. The molecule has 2 atom stereocenters. The summed E-state index contributed by atoms with van der Waals surface area (Å²) in [6.45, 7) is 4.77.